The van der Waals surface area contributed by atoms with Gasteiger partial charge in [0.05, 0.1) is 5.02 Å². The van der Waals surface area contributed by atoms with E-state index in [4.69, 9.17) is 11.6 Å². The first kappa shape index (κ1) is 11.2. The lowest BCUT2D eigenvalue weighted by atomic mass is 10.3. The van der Waals surface area contributed by atoms with Gasteiger partial charge in [0.1, 0.15) is 5.82 Å². The van der Waals surface area contributed by atoms with E-state index in [0.29, 0.717) is 5.02 Å². The maximum absolute atomic E-state index is 11.2. The Balaban J connectivity index is 2.05. The Kier molecular flexibility index (Phi) is 3.29. The molecule has 0 unspecified atom stereocenters. The molecule has 0 N–H and O–H groups in total. The lowest BCUT2D eigenvalue weighted by Crippen LogP contribution is -2.48. The molecular formula is C11H13ClN3O. The summed E-state index contributed by atoms with van der Waals surface area (Å²) in [6, 6.07) is 4.60. The molecule has 85 valence electrons. The third kappa shape index (κ3) is 2.27. The van der Waals surface area contributed by atoms with Crippen LogP contribution >= 0.6 is 11.6 Å². The average molecular weight is 239 g/mol. The first-order valence-corrected chi connectivity index (χ1v) is 5.59. The third-order valence-corrected chi connectivity index (χ3v) is 2.98. The molecule has 0 aliphatic carbocycles. The topological polar surface area (TPSA) is 36.4 Å². The molecule has 4 nitrogen and oxygen atoms in total. The fourth-order valence-corrected chi connectivity index (χ4v) is 2.02. The molecular weight excluding hydrogens is 226 g/mol. The number of pyridine rings is 1. The zero-order valence-electron chi connectivity index (χ0n) is 9.11. The van der Waals surface area contributed by atoms with E-state index in [0.717, 1.165) is 32.0 Å². The minimum atomic E-state index is 0.123. The Morgan fingerprint density at radius 2 is 2.12 bits per heavy atom. The molecule has 1 aliphatic heterocycles. The van der Waals surface area contributed by atoms with Crippen molar-refractivity contribution >= 4 is 23.3 Å². The minimum Gasteiger partial charge on any atom is -0.352 e. The van der Waals surface area contributed by atoms with Crippen molar-refractivity contribution in [3.8, 4) is 0 Å². The van der Waals surface area contributed by atoms with Crippen molar-refractivity contribution in [2.45, 2.75) is 6.92 Å². The van der Waals surface area contributed by atoms with Crippen molar-refractivity contribution in [3.63, 3.8) is 0 Å². The van der Waals surface area contributed by atoms with Gasteiger partial charge in [0.15, 0.2) is 0 Å². The highest BCUT2D eigenvalue weighted by Gasteiger charge is 2.20. The Bertz CT molecular complexity index is 389. The Hall–Kier alpha value is -1.29. The Labute approximate surface area is 99.8 Å². The Morgan fingerprint density at radius 1 is 1.44 bits per heavy atom. The van der Waals surface area contributed by atoms with Gasteiger partial charge >= 0.3 is 0 Å². The number of hydrogen-bond acceptors (Lipinski definition) is 3. The number of rotatable bonds is 1. The summed E-state index contributed by atoms with van der Waals surface area (Å²) < 4.78 is 0. The van der Waals surface area contributed by atoms with Gasteiger partial charge in [-0.2, -0.15) is 0 Å². The van der Waals surface area contributed by atoms with Crippen molar-refractivity contribution in [2.24, 2.45) is 0 Å². The van der Waals surface area contributed by atoms with Crippen molar-refractivity contribution in [1.82, 2.24) is 9.88 Å². The van der Waals surface area contributed by atoms with E-state index in [1.807, 2.05) is 4.90 Å². The van der Waals surface area contributed by atoms with Crippen molar-refractivity contribution in [2.75, 3.05) is 31.1 Å². The predicted octanol–water partition coefficient (Wildman–Crippen LogP) is 1.20. The number of amides is 1. The summed E-state index contributed by atoms with van der Waals surface area (Å²) in [6.07, 6.45) is 1.68. The van der Waals surface area contributed by atoms with Crippen LogP contribution in [0.4, 0.5) is 5.82 Å². The maximum atomic E-state index is 11.2. The van der Waals surface area contributed by atoms with Crippen molar-refractivity contribution < 1.29 is 4.79 Å². The van der Waals surface area contributed by atoms with Gasteiger partial charge < -0.3 is 9.80 Å². The summed E-state index contributed by atoms with van der Waals surface area (Å²) in [4.78, 5) is 19.3. The van der Waals surface area contributed by atoms with Crippen LogP contribution in [0.25, 0.3) is 0 Å². The van der Waals surface area contributed by atoms with Gasteiger partial charge in [-0.15, -0.1) is 0 Å². The first-order valence-electron chi connectivity index (χ1n) is 5.21. The molecule has 2 heterocycles. The smallest absolute Gasteiger partial charge is 0.219 e. The number of aromatic nitrogens is 1. The predicted molar refractivity (Wildman–Crippen MR) is 62.6 cm³/mol. The first-order chi connectivity index (χ1) is 7.68. The average Bonchev–Trinajstić information content (AvgIpc) is 2.30. The number of carbonyl (C=O) groups excluding carboxylic acids is 1. The molecule has 1 aromatic heterocycles. The molecule has 1 fully saturated rings. The van der Waals surface area contributed by atoms with E-state index in [1.54, 1.807) is 19.2 Å². The molecule has 1 radical (unpaired) electrons. The van der Waals surface area contributed by atoms with E-state index in [2.05, 4.69) is 16.0 Å². The normalized spacial score (nSPS) is 16.4. The summed E-state index contributed by atoms with van der Waals surface area (Å²) in [5, 5.41) is 0.541. The van der Waals surface area contributed by atoms with Gasteiger partial charge in [-0.3, -0.25) is 4.79 Å². The molecule has 1 saturated heterocycles. The number of hydrogen-bond donors (Lipinski definition) is 0. The van der Waals surface area contributed by atoms with E-state index < -0.39 is 0 Å². The molecule has 16 heavy (non-hydrogen) atoms. The number of anilines is 1. The lowest BCUT2D eigenvalue weighted by Gasteiger charge is -2.35. The second-order valence-corrected chi connectivity index (χ2v) is 4.10. The summed E-state index contributed by atoms with van der Waals surface area (Å²) >= 11 is 6.02. The van der Waals surface area contributed by atoms with Crippen molar-refractivity contribution in [1.29, 1.82) is 0 Å². The van der Waals surface area contributed by atoms with Crippen molar-refractivity contribution in [3.05, 3.63) is 23.4 Å². The molecule has 1 aliphatic rings. The minimum absolute atomic E-state index is 0.123. The third-order valence-electron chi connectivity index (χ3n) is 2.70. The van der Waals surface area contributed by atoms with Gasteiger partial charge in [-0.25, -0.2) is 4.98 Å². The summed E-state index contributed by atoms with van der Waals surface area (Å²) in [5.41, 5.74) is 0. The second-order valence-electron chi connectivity index (χ2n) is 3.72. The molecule has 0 spiro atoms. The standard InChI is InChI=1S/C11H13ClN3O/c1-9(16)14-5-7-15(8-6-14)11-10(12)3-2-4-13-11/h2,4H,5-8H2,1H3. The van der Waals surface area contributed by atoms with E-state index in [-0.39, 0.29) is 5.91 Å². The molecule has 1 aromatic rings. The van der Waals surface area contributed by atoms with Crippen LogP contribution in [0.2, 0.25) is 5.02 Å². The van der Waals surface area contributed by atoms with Gasteiger partial charge in [0, 0.05) is 45.4 Å². The largest absolute Gasteiger partial charge is 0.352 e. The monoisotopic (exact) mass is 238 g/mol. The molecule has 0 bridgehead atoms. The number of piperazine rings is 1. The molecule has 0 atom stereocenters. The van der Waals surface area contributed by atoms with Crippen LogP contribution in [-0.2, 0) is 4.79 Å². The lowest BCUT2D eigenvalue weighted by molar-refractivity contribution is -0.129. The highest BCUT2D eigenvalue weighted by molar-refractivity contribution is 6.32. The number of carbonyl (C=O) groups is 1. The zero-order chi connectivity index (χ0) is 11.5. The van der Waals surface area contributed by atoms with Crippen LogP contribution < -0.4 is 4.90 Å². The molecule has 0 saturated carbocycles. The van der Waals surface area contributed by atoms with Gasteiger partial charge in [0.25, 0.3) is 0 Å². The van der Waals surface area contributed by atoms with Gasteiger partial charge in [0.2, 0.25) is 5.91 Å². The summed E-state index contributed by atoms with van der Waals surface area (Å²) in [6.45, 7) is 4.58. The SMILES string of the molecule is CC(=O)N1CCN(c2ncc[c]c2Cl)CC1. The molecule has 5 heteroatoms. The van der Waals surface area contributed by atoms with Crippen LogP contribution in [0.15, 0.2) is 12.3 Å². The van der Waals surface area contributed by atoms with Crippen LogP contribution in [0.1, 0.15) is 6.92 Å². The quantitative estimate of drug-likeness (QED) is 0.738. The van der Waals surface area contributed by atoms with Gasteiger partial charge in [-0.05, 0) is 6.07 Å². The van der Waals surface area contributed by atoms with Crippen LogP contribution in [0, 0.1) is 6.07 Å². The van der Waals surface area contributed by atoms with E-state index in [9.17, 15) is 4.79 Å². The second kappa shape index (κ2) is 4.70. The van der Waals surface area contributed by atoms with E-state index >= 15 is 0 Å². The molecule has 2 rings (SSSR count). The number of halogens is 1. The van der Waals surface area contributed by atoms with Crippen LogP contribution in [0.5, 0.6) is 0 Å². The summed E-state index contributed by atoms with van der Waals surface area (Å²) in [5.74, 6) is 0.880. The number of nitrogens with zero attached hydrogens (tertiary/aromatic N) is 3. The summed E-state index contributed by atoms with van der Waals surface area (Å²) in [7, 11) is 0. The zero-order valence-corrected chi connectivity index (χ0v) is 9.87. The maximum Gasteiger partial charge on any atom is 0.219 e. The van der Waals surface area contributed by atoms with Crippen LogP contribution in [-0.4, -0.2) is 42.0 Å². The van der Waals surface area contributed by atoms with Crippen LogP contribution in [0.3, 0.4) is 0 Å². The fourth-order valence-electron chi connectivity index (χ4n) is 1.79. The molecule has 0 aromatic carbocycles. The van der Waals surface area contributed by atoms with Gasteiger partial charge in [-0.1, -0.05) is 11.6 Å². The highest BCUT2D eigenvalue weighted by atomic mass is 35.5. The fraction of sp³-hybridized carbons (Fsp3) is 0.455. The highest BCUT2D eigenvalue weighted by Crippen LogP contribution is 2.22. The van der Waals surface area contributed by atoms with E-state index in [1.165, 1.54) is 0 Å². The Morgan fingerprint density at radius 3 is 2.69 bits per heavy atom. The molecule has 1 amide bonds.